The molecule has 1 aromatic rings. The summed E-state index contributed by atoms with van der Waals surface area (Å²) in [5.41, 5.74) is -5.01. The van der Waals surface area contributed by atoms with Crippen LogP contribution in [0.4, 0.5) is 36.8 Å². The normalized spacial score (nSPS) is 18.5. The Morgan fingerprint density at radius 1 is 1.09 bits per heavy atom. The predicted molar refractivity (Wildman–Crippen MR) is 73.2 cm³/mol. The maximum atomic E-state index is 13.5. The summed E-state index contributed by atoms with van der Waals surface area (Å²) in [7, 11) is 0. The molecule has 1 N–H and O–H groups in total. The molecule has 126 valence electrons. The number of nitrogens with one attached hydrogen (secondary N) is 1. The van der Waals surface area contributed by atoms with Crippen LogP contribution in [0.2, 0.25) is 0 Å². The van der Waals surface area contributed by atoms with Crippen molar-refractivity contribution in [2.24, 2.45) is 4.99 Å². The van der Waals surface area contributed by atoms with Crippen LogP contribution in [0, 0.1) is 0 Å². The Morgan fingerprint density at radius 3 is 2.04 bits per heavy atom. The lowest BCUT2D eigenvalue weighted by atomic mass is 10.1. The molecule has 1 aliphatic rings. The number of nitrogens with zero attached hydrogens (tertiary/aromatic N) is 2. The van der Waals surface area contributed by atoms with Gasteiger partial charge in [0.25, 0.3) is 0 Å². The van der Waals surface area contributed by atoms with Crippen molar-refractivity contribution in [1.82, 2.24) is 5.32 Å². The smallest absolute Gasteiger partial charge is 0.297 e. The number of para-hydroxylation sites is 1. The highest BCUT2D eigenvalue weighted by Gasteiger charge is 2.77. The number of thioether (sulfide) groups is 1. The molecule has 0 fully saturated rings. The minimum Gasteiger partial charge on any atom is -0.297 e. The zero-order valence-electron chi connectivity index (χ0n) is 11.4. The van der Waals surface area contributed by atoms with E-state index in [2.05, 4.69) is 4.99 Å². The van der Waals surface area contributed by atoms with E-state index in [1.807, 2.05) is 0 Å². The van der Waals surface area contributed by atoms with Gasteiger partial charge >= 0.3 is 24.0 Å². The number of alkyl halides is 6. The van der Waals surface area contributed by atoms with Crippen molar-refractivity contribution in [2.45, 2.75) is 18.0 Å². The van der Waals surface area contributed by atoms with E-state index < -0.39 is 34.9 Å². The van der Waals surface area contributed by atoms with E-state index >= 15 is 0 Å². The summed E-state index contributed by atoms with van der Waals surface area (Å²) in [6.45, 7) is 0. The van der Waals surface area contributed by atoms with Gasteiger partial charge in [0.2, 0.25) is 0 Å². The predicted octanol–water partition coefficient (Wildman–Crippen LogP) is 3.76. The number of rotatable bonds is 1. The molecule has 11 heteroatoms. The second-order valence-electron chi connectivity index (χ2n) is 4.41. The molecular formula is C12H9F6N3OS. The molecule has 0 saturated carbocycles. The lowest BCUT2D eigenvalue weighted by Crippen LogP contribution is -2.79. The van der Waals surface area contributed by atoms with E-state index in [4.69, 9.17) is 0 Å². The number of amidine groups is 1. The van der Waals surface area contributed by atoms with Crippen LogP contribution in [-0.2, 0) is 0 Å². The van der Waals surface area contributed by atoms with E-state index in [0.29, 0.717) is 11.8 Å². The van der Waals surface area contributed by atoms with Gasteiger partial charge in [-0.25, -0.2) is 4.79 Å². The van der Waals surface area contributed by atoms with E-state index in [-0.39, 0.29) is 4.90 Å². The van der Waals surface area contributed by atoms with E-state index in [0.717, 1.165) is 17.4 Å². The molecule has 1 heterocycles. The number of halogens is 6. The maximum absolute atomic E-state index is 13.5. The fourth-order valence-corrected chi connectivity index (χ4v) is 2.69. The lowest BCUT2D eigenvalue weighted by Gasteiger charge is -2.47. The van der Waals surface area contributed by atoms with Gasteiger partial charge in [-0.3, -0.25) is 10.2 Å². The number of carbonyl (C=O) groups excluding carboxylic acids is 1. The van der Waals surface area contributed by atoms with Crippen molar-refractivity contribution in [1.29, 1.82) is 0 Å². The molecule has 23 heavy (non-hydrogen) atoms. The standard InChI is InChI=1S/C12H9F6N3OS/c1-23-9-19-8(22)20-10(11(13,14)15,12(16,17)18)21(9)7-5-3-2-4-6-7/h2-6H,1H3,(H,20,22). The van der Waals surface area contributed by atoms with Crippen LogP contribution in [0.15, 0.2) is 35.3 Å². The number of hydrogen-bond donors (Lipinski definition) is 1. The Hall–Kier alpha value is -1.91. The Balaban J connectivity index is 2.81. The van der Waals surface area contributed by atoms with Crippen LogP contribution in [-0.4, -0.2) is 35.5 Å². The highest BCUT2D eigenvalue weighted by molar-refractivity contribution is 8.13. The number of urea groups is 1. The summed E-state index contributed by atoms with van der Waals surface area (Å²) < 4.78 is 80.8. The zero-order valence-corrected chi connectivity index (χ0v) is 12.2. The minimum atomic E-state index is -5.84. The molecular weight excluding hydrogens is 348 g/mol. The fraction of sp³-hybridized carbons (Fsp3) is 0.333. The van der Waals surface area contributed by atoms with Crippen molar-refractivity contribution >= 4 is 28.6 Å². The van der Waals surface area contributed by atoms with Gasteiger partial charge in [0.15, 0.2) is 5.17 Å². The number of hydrogen-bond acceptors (Lipinski definition) is 3. The van der Waals surface area contributed by atoms with E-state index in [1.165, 1.54) is 24.5 Å². The SMILES string of the molecule is CSC1=NC(=O)NC(C(F)(F)F)(C(F)(F)F)N1c1ccccc1. The third-order valence-corrected chi connectivity index (χ3v) is 3.67. The molecule has 0 spiro atoms. The Kier molecular flexibility index (Phi) is 4.26. The van der Waals surface area contributed by atoms with Gasteiger partial charge in [0.05, 0.1) is 0 Å². The van der Waals surface area contributed by atoms with Gasteiger partial charge in [-0.15, -0.1) is 0 Å². The summed E-state index contributed by atoms with van der Waals surface area (Å²) in [4.78, 5) is 14.6. The summed E-state index contributed by atoms with van der Waals surface area (Å²) in [5.74, 6) is 0. The topological polar surface area (TPSA) is 44.7 Å². The quantitative estimate of drug-likeness (QED) is 0.779. The van der Waals surface area contributed by atoms with E-state index in [1.54, 1.807) is 0 Å². The molecule has 0 aliphatic carbocycles. The number of aliphatic imine (C=N–C) groups is 1. The number of carbonyl (C=O) groups is 1. The van der Waals surface area contributed by atoms with Crippen molar-refractivity contribution in [3.8, 4) is 0 Å². The average Bonchev–Trinajstić information content (AvgIpc) is 2.44. The fourth-order valence-electron chi connectivity index (χ4n) is 2.09. The van der Waals surface area contributed by atoms with E-state index in [9.17, 15) is 31.1 Å². The molecule has 0 radical (unpaired) electrons. The highest BCUT2D eigenvalue weighted by Crippen LogP contribution is 2.49. The third-order valence-electron chi connectivity index (χ3n) is 3.03. The Bertz CT molecular complexity index is 614. The first-order chi connectivity index (χ1) is 10.5. The third kappa shape index (κ3) is 2.73. The summed E-state index contributed by atoms with van der Waals surface area (Å²) in [6, 6.07) is 4.41. The molecule has 0 aromatic heterocycles. The van der Waals surface area contributed by atoms with Crippen molar-refractivity contribution in [2.75, 3.05) is 11.2 Å². The molecule has 1 aromatic carbocycles. The minimum absolute atomic E-state index is 0.0565. The van der Waals surface area contributed by atoms with Gasteiger partial charge in [-0.1, -0.05) is 30.0 Å². The second-order valence-corrected chi connectivity index (χ2v) is 5.18. The second kappa shape index (κ2) is 5.62. The van der Waals surface area contributed by atoms with Crippen LogP contribution in [0.3, 0.4) is 0 Å². The van der Waals surface area contributed by atoms with Gasteiger partial charge in [0.1, 0.15) is 0 Å². The van der Waals surface area contributed by atoms with Crippen LogP contribution >= 0.6 is 11.8 Å². The monoisotopic (exact) mass is 357 g/mol. The van der Waals surface area contributed by atoms with Crippen molar-refractivity contribution < 1.29 is 31.1 Å². The summed E-state index contributed by atoms with van der Waals surface area (Å²) in [6.07, 6.45) is -10.5. The molecule has 0 saturated heterocycles. The largest absolute Gasteiger partial charge is 0.440 e. The first kappa shape index (κ1) is 17.4. The molecule has 0 bridgehead atoms. The molecule has 1 aliphatic heterocycles. The Labute approximate surface area is 130 Å². The molecule has 2 amide bonds. The molecule has 0 atom stereocenters. The van der Waals surface area contributed by atoms with Gasteiger partial charge in [-0.05, 0) is 18.4 Å². The van der Waals surface area contributed by atoms with Gasteiger partial charge in [-0.2, -0.15) is 31.3 Å². The maximum Gasteiger partial charge on any atom is 0.440 e. The van der Waals surface area contributed by atoms with Crippen LogP contribution in [0.1, 0.15) is 0 Å². The molecule has 2 rings (SSSR count). The molecule has 4 nitrogen and oxygen atoms in total. The van der Waals surface area contributed by atoms with Crippen LogP contribution in [0.5, 0.6) is 0 Å². The zero-order chi connectivity index (χ0) is 17.5. The number of amides is 2. The van der Waals surface area contributed by atoms with Crippen molar-refractivity contribution in [3.63, 3.8) is 0 Å². The average molecular weight is 357 g/mol. The molecule has 0 unspecified atom stereocenters. The van der Waals surface area contributed by atoms with Crippen LogP contribution in [0.25, 0.3) is 0 Å². The lowest BCUT2D eigenvalue weighted by molar-refractivity contribution is -0.300. The van der Waals surface area contributed by atoms with Crippen LogP contribution < -0.4 is 10.2 Å². The first-order valence-electron chi connectivity index (χ1n) is 5.98. The highest BCUT2D eigenvalue weighted by atomic mass is 32.2. The number of anilines is 1. The van der Waals surface area contributed by atoms with Gasteiger partial charge in [0, 0.05) is 5.69 Å². The van der Waals surface area contributed by atoms with Crippen molar-refractivity contribution in [3.05, 3.63) is 30.3 Å². The number of benzene rings is 1. The summed E-state index contributed by atoms with van der Waals surface area (Å²) >= 11 is 0.502. The van der Waals surface area contributed by atoms with Gasteiger partial charge < -0.3 is 0 Å². The Morgan fingerprint density at radius 2 is 1.61 bits per heavy atom. The first-order valence-corrected chi connectivity index (χ1v) is 7.20. The summed E-state index contributed by atoms with van der Waals surface area (Å²) in [5, 5.41) is 0.245.